The van der Waals surface area contributed by atoms with E-state index in [0.717, 1.165) is 27.6 Å². The number of aryl methyl sites for hydroxylation is 2. The zero-order chi connectivity index (χ0) is 33.7. The number of nitrogen functional groups attached to an aromatic ring is 1. The molecule has 0 unspecified atom stereocenters. The van der Waals surface area contributed by atoms with Crippen LogP contribution < -0.4 is 15.8 Å². The Bertz CT molecular complexity index is 2000. The molecule has 5 rings (SSSR count). The Labute approximate surface area is 274 Å². The maximum Gasteiger partial charge on any atom is 0.264 e. The number of H-pyrrole nitrogens is 1. The number of fused-ring (bicyclic) bond motifs is 1. The molecule has 4 aromatic carbocycles. The van der Waals surface area contributed by atoms with Crippen molar-refractivity contribution in [2.45, 2.75) is 43.7 Å². The maximum atomic E-state index is 14.2. The molecule has 5 N–H and O–H groups in total. The van der Waals surface area contributed by atoms with Gasteiger partial charge in [0.15, 0.2) is 0 Å². The second-order valence-corrected chi connectivity index (χ2v) is 13.3. The van der Waals surface area contributed by atoms with Crippen LogP contribution in [-0.2, 0) is 32.5 Å². The summed E-state index contributed by atoms with van der Waals surface area (Å²) in [5.74, 6) is -1.92. The van der Waals surface area contributed by atoms with Gasteiger partial charge in [0.25, 0.3) is 21.8 Å². The second-order valence-electron chi connectivity index (χ2n) is 11.7. The average Bonchev–Trinajstić information content (AvgIpc) is 3.45. The molecule has 0 aliphatic carbocycles. The molecule has 5 aromatic rings. The van der Waals surface area contributed by atoms with Crippen molar-refractivity contribution in [3.05, 3.63) is 131 Å². The van der Waals surface area contributed by atoms with Gasteiger partial charge >= 0.3 is 0 Å². The number of aromatic amines is 1. The highest BCUT2D eigenvalue weighted by atomic mass is 32.2. The number of para-hydroxylation sites is 1. The molecular formula is C36H37N5O5S. The van der Waals surface area contributed by atoms with Gasteiger partial charge in [-0.2, -0.15) is 0 Å². The minimum Gasteiger partial charge on any atom is -0.399 e. The van der Waals surface area contributed by atoms with Crippen molar-refractivity contribution < 1.29 is 22.8 Å². The number of amides is 3. The van der Waals surface area contributed by atoms with Crippen LogP contribution in [0.15, 0.2) is 108 Å². The van der Waals surface area contributed by atoms with E-state index in [0.29, 0.717) is 16.8 Å². The van der Waals surface area contributed by atoms with Gasteiger partial charge in [0.2, 0.25) is 5.91 Å². The lowest BCUT2D eigenvalue weighted by atomic mass is 10.00. The number of hydrogen-bond acceptors (Lipinski definition) is 6. The first-order chi connectivity index (χ1) is 22.4. The van der Waals surface area contributed by atoms with Gasteiger partial charge in [-0.25, -0.2) is 13.1 Å². The van der Waals surface area contributed by atoms with Gasteiger partial charge in [-0.1, -0.05) is 65.7 Å². The molecule has 2 atom stereocenters. The monoisotopic (exact) mass is 651 g/mol. The molecule has 10 nitrogen and oxygen atoms in total. The van der Waals surface area contributed by atoms with E-state index in [9.17, 15) is 22.8 Å². The van der Waals surface area contributed by atoms with Crippen molar-refractivity contribution in [3.63, 3.8) is 0 Å². The molecule has 242 valence electrons. The van der Waals surface area contributed by atoms with Crippen LogP contribution in [-0.4, -0.2) is 55.2 Å². The molecule has 0 aliphatic heterocycles. The van der Waals surface area contributed by atoms with Gasteiger partial charge in [-0.3, -0.25) is 14.4 Å². The summed E-state index contributed by atoms with van der Waals surface area (Å²) >= 11 is 0. The van der Waals surface area contributed by atoms with E-state index in [2.05, 4.69) is 15.0 Å². The average molecular weight is 652 g/mol. The number of carbonyl (C=O) groups excluding carboxylic acids is 3. The highest BCUT2D eigenvalue weighted by Crippen LogP contribution is 2.21. The highest BCUT2D eigenvalue weighted by molar-refractivity contribution is 7.90. The molecule has 1 heterocycles. The Morgan fingerprint density at radius 2 is 1.47 bits per heavy atom. The summed E-state index contributed by atoms with van der Waals surface area (Å²) in [6.07, 6.45) is 1.82. The van der Waals surface area contributed by atoms with Crippen LogP contribution in [0.4, 0.5) is 5.69 Å². The van der Waals surface area contributed by atoms with Crippen LogP contribution in [0.25, 0.3) is 10.9 Å². The quantitative estimate of drug-likeness (QED) is 0.156. The third kappa shape index (κ3) is 7.87. The fourth-order valence-electron chi connectivity index (χ4n) is 5.59. The SMILES string of the molecule is Cc1cc(C)cc(C(=O)N(C)[C@H](Cc2ccc(N)cc2)C(=O)N[C@@H](Cc2c[nH]c3ccccc23)C(=O)NS(=O)(=O)c2ccccc2)c1. The molecule has 3 amide bonds. The largest absolute Gasteiger partial charge is 0.399 e. The number of nitrogens with zero attached hydrogens (tertiary/aromatic N) is 1. The molecule has 0 saturated heterocycles. The predicted molar refractivity (Wildman–Crippen MR) is 182 cm³/mol. The Morgan fingerprint density at radius 1 is 0.830 bits per heavy atom. The minimum absolute atomic E-state index is 0.0186. The summed E-state index contributed by atoms with van der Waals surface area (Å²) in [6, 6.07) is 25.0. The highest BCUT2D eigenvalue weighted by Gasteiger charge is 2.33. The van der Waals surface area contributed by atoms with Gasteiger partial charge in [-0.15, -0.1) is 0 Å². The fraction of sp³-hybridized carbons (Fsp3) is 0.194. The topological polar surface area (TPSA) is 154 Å². The molecular weight excluding hydrogens is 614 g/mol. The standard InChI is InChI=1S/C36H37N5O5S/c1-23-17-24(2)19-26(18-23)36(44)41(3)33(20-25-13-15-28(37)16-14-25)35(43)39-32(21-27-22-38-31-12-8-7-11-30(27)31)34(42)40-47(45,46)29-9-5-4-6-10-29/h4-19,22,32-33,38H,20-21,37H2,1-3H3,(H,39,43)(H,40,42)/t32-,33+/m0/s1. The van der Waals surface area contributed by atoms with E-state index >= 15 is 0 Å². The number of benzene rings is 4. The number of hydrogen-bond donors (Lipinski definition) is 4. The lowest BCUT2D eigenvalue weighted by Crippen LogP contribution is -2.56. The molecule has 0 fully saturated rings. The molecule has 0 saturated carbocycles. The number of nitrogens with one attached hydrogen (secondary N) is 3. The van der Waals surface area contributed by atoms with Crippen LogP contribution in [0.3, 0.4) is 0 Å². The third-order valence-electron chi connectivity index (χ3n) is 7.99. The van der Waals surface area contributed by atoms with Crippen molar-refractivity contribution in [1.29, 1.82) is 0 Å². The first-order valence-electron chi connectivity index (χ1n) is 15.1. The Hall–Kier alpha value is -5.42. The van der Waals surface area contributed by atoms with Gasteiger partial charge in [-0.05, 0) is 67.4 Å². The van der Waals surface area contributed by atoms with Crippen molar-refractivity contribution >= 4 is 44.3 Å². The number of anilines is 1. The van der Waals surface area contributed by atoms with E-state index in [-0.39, 0.29) is 23.6 Å². The van der Waals surface area contributed by atoms with E-state index in [1.165, 1.54) is 24.1 Å². The summed E-state index contributed by atoms with van der Waals surface area (Å²) in [6.45, 7) is 3.78. The molecule has 1 aromatic heterocycles. The van der Waals surface area contributed by atoms with E-state index in [1.54, 1.807) is 60.8 Å². The third-order valence-corrected chi connectivity index (χ3v) is 9.35. The zero-order valence-electron chi connectivity index (χ0n) is 26.4. The summed E-state index contributed by atoms with van der Waals surface area (Å²) in [5.41, 5.74) is 10.9. The molecule has 0 radical (unpaired) electrons. The van der Waals surface area contributed by atoms with Crippen molar-refractivity contribution in [2.75, 3.05) is 12.8 Å². The van der Waals surface area contributed by atoms with Crippen molar-refractivity contribution in [2.24, 2.45) is 0 Å². The van der Waals surface area contributed by atoms with Crippen LogP contribution in [0.1, 0.15) is 32.6 Å². The first-order valence-corrected chi connectivity index (χ1v) is 16.6. The van der Waals surface area contributed by atoms with Gasteiger partial charge in [0, 0.05) is 48.2 Å². The fourth-order valence-corrected chi connectivity index (χ4v) is 6.63. The number of aromatic nitrogens is 1. The smallest absolute Gasteiger partial charge is 0.264 e. The Balaban J connectivity index is 1.48. The first kappa shape index (κ1) is 33.0. The number of rotatable bonds is 11. The predicted octanol–water partition coefficient (Wildman–Crippen LogP) is 4.28. The van der Waals surface area contributed by atoms with Crippen molar-refractivity contribution in [1.82, 2.24) is 19.9 Å². The molecule has 11 heteroatoms. The van der Waals surface area contributed by atoms with Crippen LogP contribution in [0.5, 0.6) is 0 Å². The summed E-state index contributed by atoms with van der Waals surface area (Å²) in [4.78, 5) is 46.1. The maximum absolute atomic E-state index is 14.2. The number of carbonyl (C=O) groups is 3. The number of nitrogens with two attached hydrogens (primary N) is 1. The zero-order valence-corrected chi connectivity index (χ0v) is 27.2. The van der Waals surface area contributed by atoms with Crippen molar-refractivity contribution in [3.8, 4) is 0 Å². The lowest BCUT2D eigenvalue weighted by Gasteiger charge is -2.29. The Morgan fingerprint density at radius 3 is 2.15 bits per heavy atom. The second kappa shape index (κ2) is 13.9. The molecule has 0 aliphatic rings. The van der Waals surface area contributed by atoms with Crippen LogP contribution in [0, 0.1) is 13.8 Å². The summed E-state index contributed by atoms with van der Waals surface area (Å²) in [5, 5.41) is 3.61. The normalized spacial score (nSPS) is 12.7. The molecule has 0 spiro atoms. The van der Waals surface area contributed by atoms with E-state index < -0.39 is 33.9 Å². The van der Waals surface area contributed by atoms with Gasteiger partial charge < -0.3 is 20.9 Å². The number of likely N-dealkylation sites (N-methyl/N-ethyl adjacent to an activating group) is 1. The lowest BCUT2D eigenvalue weighted by molar-refractivity contribution is -0.130. The number of sulfonamides is 1. The minimum atomic E-state index is -4.24. The van der Waals surface area contributed by atoms with Gasteiger partial charge in [0.1, 0.15) is 12.1 Å². The van der Waals surface area contributed by atoms with Crippen LogP contribution in [0.2, 0.25) is 0 Å². The van der Waals surface area contributed by atoms with Crippen LogP contribution >= 0.6 is 0 Å². The molecule has 0 bridgehead atoms. The van der Waals surface area contributed by atoms with E-state index in [1.807, 2.05) is 44.2 Å². The molecule has 47 heavy (non-hydrogen) atoms. The summed E-state index contributed by atoms with van der Waals surface area (Å²) < 4.78 is 28.4. The van der Waals surface area contributed by atoms with Gasteiger partial charge in [0.05, 0.1) is 4.90 Å². The Kier molecular flexibility index (Phi) is 9.76. The summed E-state index contributed by atoms with van der Waals surface area (Å²) in [7, 11) is -2.71. The van der Waals surface area contributed by atoms with E-state index in [4.69, 9.17) is 5.73 Å².